The first-order chi connectivity index (χ1) is 18.6. The minimum Gasteiger partial charge on any atom is -0.507 e. The second-order valence-electron chi connectivity index (χ2n) is 10.6. The number of rotatable bonds is 8. The van der Waals surface area contributed by atoms with Crippen LogP contribution in [0.5, 0.6) is 11.5 Å². The van der Waals surface area contributed by atoms with Gasteiger partial charge in [0.05, 0.1) is 32.4 Å². The summed E-state index contributed by atoms with van der Waals surface area (Å²) < 4.78 is 11.1. The lowest BCUT2D eigenvalue weighted by molar-refractivity contribution is -0.140. The normalized spacial score (nSPS) is 16.8. The molecule has 4 rings (SSSR count). The molecule has 1 atom stereocenters. The van der Waals surface area contributed by atoms with Gasteiger partial charge in [-0.1, -0.05) is 70.2 Å². The van der Waals surface area contributed by atoms with Gasteiger partial charge in [0.1, 0.15) is 17.3 Å². The van der Waals surface area contributed by atoms with Gasteiger partial charge >= 0.3 is 0 Å². The summed E-state index contributed by atoms with van der Waals surface area (Å²) in [6.45, 7) is 10.3. The summed E-state index contributed by atoms with van der Waals surface area (Å²) in [6.07, 6.45) is 0. The Kier molecular flexibility index (Phi) is 8.14. The predicted octanol–water partition coefficient (Wildman–Crippen LogP) is 6.88. The zero-order valence-electron chi connectivity index (χ0n) is 23.7. The molecule has 0 aromatic heterocycles. The molecule has 0 aliphatic carbocycles. The van der Waals surface area contributed by atoms with E-state index in [0.717, 1.165) is 33.6 Å². The summed E-state index contributed by atoms with van der Waals surface area (Å²) in [5.74, 6) is 0.250. The third kappa shape index (κ3) is 5.29. The van der Waals surface area contributed by atoms with Crippen LogP contribution in [0.15, 0.2) is 66.2 Å². The number of carbonyl (C=O) groups is 2. The van der Waals surface area contributed by atoms with E-state index in [1.807, 2.05) is 81.4 Å². The molecule has 6 nitrogen and oxygen atoms in total. The number of carbonyl (C=O) groups excluding carboxylic acids is 2. The van der Waals surface area contributed by atoms with Crippen molar-refractivity contribution in [1.29, 1.82) is 0 Å². The summed E-state index contributed by atoms with van der Waals surface area (Å²) in [5.41, 5.74) is 4.92. The van der Waals surface area contributed by atoms with Crippen LogP contribution in [0.3, 0.4) is 0 Å². The van der Waals surface area contributed by atoms with E-state index >= 15 is 0 Å². The highest BCUT2D eigenvalue weighted by molar-refractivity contribution is 6.46. The molecular formula is C33H37NO5. The molecular weight excluding hydrogens is 490 g/mol. The fraction of sp³-hybridized carbons (Fsp3) is 0.333. The predicted molar refractivity (Wildman–Crippen MR) is 153 cm³/mol. The maximum absolute atomic E-state index is 13.6. The summed E-state index contributed by atoms with van der Waals surface area (Å²) >= 11 is 0. The lowest BCUT2D eigenvalue weighted by Gasteiger charge is -2.26. The smallest absolute Gasteiger partial charge is 0.295 e. The van der Waals surface area contributed by atoms with Crippen molar-refractivity contribution in [2.24, 2.45) is 0 Å². The SMILES string of the molecule is COc1ccccc1CN1C(=O)C(=O)/C(=C(/O)c2cc(C(C)C)c(OC)cc2C)C1c1ccc(C(C)C)cc1. The topological polar surface area (TPSA) is 76.1 Å². The molecule has 6 heteroatoms. The van der Waals surface area contributed by atoms with Gasteiger partial charge in [-0.05, 0) is 59.2 Å². The first-order valence-corrected chi connectivity index (χ1v) is 13.3. The molecule has 3 aromatic rings. The van der Waals surface area contributed by atoms with Gasteiger partial charge in [-0.2, -0.15) is 0 Å². The number of para-hydroxylation sites is 1. The highest BCUT2D eigenvalue weighted by atomic mass is 16.5. The van der Waals surface area contributed by atoms with E-state index in [2.05, 4.69) is 13.8 Å². The largest absolute Gasteiger partial charge is 0.507 e. The van der Waals surface area contributed by atoms with E-state index in [1.54, 1.807) is 14.2 Å². The van der Waals surface area contributed by atoms with Crippen LogP contribution in [0.1, 0.15) is 79.0 Å². The number of aliphatic hydroxyl groups excluding tert-OH is 1. The van der Waals surface area contributed by atoms with Crippen LogP contribution in [-0.2, 0) is 16.1 Å². The van der Waals surface area contributed by atoms with Crippen LogP contribution in [-0.4, -0.2) is 35.9 Å². The minimum atomic E-state index is -0.764. The van der Waals surface area contributed by atoms with Crippen molar-refractivity contribution in [2.75, 3.05) is 14.2 Å². The van der Waals surface area contributed by atoms with E-state index in [4.69, 9.17) is 9.47 Å². The zero-order chi connectivity index (χ0) is 28.4. The number of ether oxygens (including phenoxy) is 2. The van der Waals surface area contributed by atoms with Crippen LogP contribution < -0.4 is 9.47 Å². The molecule has 0 saturated carbocycles. The quantitative estimate of drug-likeness (QED) is 0.196. The maximum atomic E-state index is 13.6. The number of nitrogens with zero attached hydrogens (tertiary/aromatic N) is 1. The summed E-state index contributed by atoms with van der Waals surface area (Å²) in [7, 11) is 3.19. The van der Waals surface area contributed by atoms with E-state index in [0.29, 0.717) is 17.2 Å². The molecule has 1 N–H and O–H groups in total. The van der Waals surface area contributed by atoms with Crippen LogP contribution in [0.2, 0.25) is 0 Å². The number of amides is 1. The Bertz CT molecular complexity index is 1420. The van der Waals surface area contributed by atoms with E-state index < -0.39 is 17.7 Å². The molecule has 1 unspecified atom stereocenters. The van der Waals surface area contributed by atoms with Crippen molar-refractivity contribution in [3.8, 4) is 11.5 Å². The van der Waals surface area contributed by atoms with Crippen molar-refractivity contribution in [3.63, 3.8) is 0 Å². The van der Waals surface area contributed by atoms with Crippen LogP contribution >= 0.6 is 0 Å². The molecule has 0 bridgehead atoms. The number of hydrogen-bond donors (Lipinski definition) is 1. The number of benzene rings is 3. The highest BCUT2D eigenvalue weighted by Gasteiger charge is 2.46. The average molecular weight is 528 g/mol. The second kappa shape index (κ2) is 11.4. The number of methoxy groups -OCH3 is 2. The first-order valence-electron chi connectivity index (χ1n) is 13.3. The van der Waals surface area contributed by atoms with Gasteiger partial charge in [0.2, 0.25) is 0 Å². The molecule has 3 aromatic carbocycles. The molecule has 1 aliphatic rings. The monoisotopic (exact) mass is 527 g/mol. The summed E-state index contributed by atoms with van der Waals surface area (Å²) in [4.78, 5) is 28.7. The molecule has 1 heterocycles. The van der Waals surface area contributed by atoms with Gasteiger partial charge < -0.3 is 19.5 Å². The third-order valence-corrected chi connectivity index (χ3v) is 7.45. The van der Waals surface area contributed by atoms with Gasteiger partial charge in [-0.15, -0.1) is 0 Å². The number of aliphatic hydroxyl groups is 1. The number of aryl methyl sites for hydroxylation is 1. The Balaban J connectivity index is 1.93. The number of ketones is 1. The molecule has 1 fully saturated rings. The third-order valence-electron chi connectivity index (χ3n) is 7.45. The van der Waals surface area contributed by atoms with Gasteiger partial charge in [-0.3, -0.25) is 9.59 Å². The zero-order valence-corrected chi connectivity index (χ0v) is 23.7. The fourth-order valence-electron chi connectivity index (χ4n) is 5.20. The van der Waals surface area contributed by atoms with Crippen molar-refractivity contribution in [2.45, 2.75) is 59.0 Å². The average Bonchev–Trinajstić information content (AvgIpc) is 3.17. The van der Waals surface area contributed by atoms with E-state index in [1.165, 1.54) is 4.90 Å². The summed E-state index contributed by atoms with van der Waals surface area (Å²) in [6, 6.07) is 18.3. The molecule has 1 saturated heterocycles. The Labute approximate surface area is 230 Å². The maximum Gasteiger partial charge on any atom is 0.295 e. The molecule has 204 valence electrons. The highest BCUT2D eigenvalue weighted by Crippen LogP contribution is 2.42. The number of likely N-dealkylation sites (tertiary alicyclic amines) is 1. The Morgan fingerprint density at radius 3 is 2.13 bits per heavy atom. The van der Waals surface area contributed by atoms with Crippen LogP contribution in [0.25, 0.3) is 5.76 Å². The number of Topliss-reactive ketones (excluding diaryl/α,β-unsaturated/α-hetero) is 1. The van der Waals surface area contributed by atoms with Crippen molar-refractivity contribution < 1.29 is 24.2 Å². The van der Waals surface area contributed by atoms with Crippen molar-refractivity contribution in [3.05, 3.63) is 99.6 Å². The number of hydrogen-bond acceptors (Lipinski definition) is 5. The Morgan fingerprint density at radius 1 is 0.897 bits per heavy atom. The van der Waals surface area contributed by atoms with E-state index in [-0.39, 0.29) is 23.8 Å². The Morgan fingerprint density at radius 2 is 1.54 bits per heavy atom. The van der Waals surface area contributed by atoms with Gasteiger partial charge in [0, 0.05) is 11.1 Å². The second-order valence-corrected chi connectivity index (χ2v) is 10.6. The summed E-state index contributed by atoms with van der Waals surface area (Å²) in [5, 5.41) is 11.7. The molecule has 0 spiro atoms. The minimum absolute atomic E-state index is 0.0789. The lowest BCUT2D eigenvalue weighted by atomic mass is 9.90. The Hall–Kier alpha value is -4.06. The first kappa shape index (κ1) is 28.0. The van der Waals surface area contributed by atoms with Gasteiger partial charge in [0.15, 0.2) is 0 Å². The van der Waals surface area contributed by atoms with E-state index in [9.17, 15) is 14.7 Å². The van der Waals surface area contributed by atoms with Gasteiger partial charge in [0.25, 0.3) is 11.7 Å². The molecule has 0 radical (unpaired) electrons. The standard InChI is InChI=1S/C33H37NO5/c1-19(2)22-12-14-23(15-13-22)30-29(31(35)26-17-25(20(3)4)28(39-7)16-21(26)5)32(36)33(37)34(30)18-24-10-8-9-11-27(24)38-6/h8-17,19-20,30,35H,18H2,1-7H3/b31-29+. The fourth-order valence-corrected chi connectivity index (χ4v) is 5.20. The van der Waals surface area contributed by atoms with Crippen molar-refractivity contribution >= 4 is 17.4 Å². The van der Waals surface area contributed by atoms with Gasteiger partial charge in [-0.25, -0.2) is 0 Å². The lowest BCUT2D eigenvalue weighted by Crippen LogP contribution is -2.29. The van der Waals surface area contributed by atoms with Crippen molar-refractivity contribution in [1.82, 2.24) is 4.90 Å². The molecule has 39 heavy (non-hydrogen) atoms. The van der Waals surface area contributed by atoms with Crippen LogP contribution in [0.4, 0.5) is 0 Å². The molecule has 1 aliphatic heterocycles. The molecule has 1 amide bonds. The van der Waals surface area contributed by atoms with Crippen LogP contribution in [0, 0.1) is 6.92 Å².